The Morgan fingerprint density at radius 3 is 2.44 bits per heavy atom. The number of sulfone groups is 1. The van der Waals surface area contributed by atoms with Crippen molar-refractivity contribution in [2.75, 3.05) is 5.75 Å². The summed E-state index contributed by atoms with van der Waals surface area (Å²) in [5, 5.41) is 19.8. The van der Waals surface area contributed by atoms with Gasteiger partial charge in [-0.25, -0.2) is 8.42 Å². The molecule has 8 nitrogen and oxygen atoms in total. The zero-order valence-electron chi connectivity index (χ0n) is 13.8. The monoisotopic (exact) mass is 403 g/mol. The molecule has 0 radical (unpaired) electrons. The number of nitro benzene ring substituents is 1. The zero-order chi connectivity index (χ0) is 19.3. The van der Waals surface area contributed by atoms with Crippen LogP contribution in [0.2, 0.25) is 0 Å². The van der Waals surface area contributed by atoms with Crippen LogP contribution in [0.25, 0.3) is 11.5 Å². The second-order valence-corrected chi connectivity index (χ2v) is 8.02. The van der Waals surface area contributed by atoms with Crippen LogP contribution in [0.3, 0.4) is 0 Å². The van der Waals surface area contributed by atoms with E-state index in [4.69, 9.17) is 4.42 Å². The molecule has 0 atom stereocenters. The molecular formula is C17H13N3O5S2. The minimum Gasteiger partial charge on any atom is -0.411 e. The number of rotatable bonds is 7. The highest BCUT2D eigenvalue weighted by Crippen LogP contribution is 2.25. The van der Waals surface area contributed by atoms with E-state index in [1.54, 1.807) is 18.2 Å². The Hall–Kier alpha value is -2.98. The number of hydrogen-bond donors (Lipinski definition) is 0. The molecule has 0 spiro atoms. The summed E-state index contributed by atoms with van der Waals surface area (Å²) < 4.78 is 29.7. The molecule has 138 valence electrons. The topological polar surface area (TPSA) is 116 Å². The van der Waals surface area contributed by atoms with Gasteiger partial charge < -0.3 is 4.42 Å². The summed E-state index contributed by atoms with van der Waals surface area (Å²) >= 11 is 1.18. The third-order valence-corrected chi connectivity index (χ3v) is 5.63. The number of thioether (sulfide) groups is 1. The first-order chi connectivity index (χ1) is 13.0. The van der Waals surface area contributed by atoms with Crippen LogP contribution in [-0.2, 0) is 9.84 Å². The minimum absolute atomic E-state index is 0.0300. The van der Waals surface area contributed by atoms with Crippen LogP contribution >= 0.6 is 11.8 Å². The van der Waals surface area contributed by atoms with Gasteiger partial charge in [-0.2, -0.15) is 0 Å². The van der Waals surface area contributed by atoms with Crippen LogP contribution in [0.1, 0.15) is 0 Å². The molecule has 1 aromatic heterocycles. The van der Waals surface area contributed by atoms with Crippen molar-refractivity contribution in [3.05, 3.63) is 76.2 Å². The fourth-order valence-electron chi connectivity index (χ4n) is 2.08. The van der Waals surface area contributed by atoms with Crippen molar-refractivity contribution in [2.24, 2.45) is 0 Å². The van der Waals surface area contributed by atoms with Gasteiger partial charge in [-0.3, -0.25) is 10.1 Å². The normalized spacial score (nSPS) is 11.7. The van der Waals surface area contributed by atoms with Crippen molar-refractivity contribution in [1.29, 1.82) is 0 Å². The molecule has 3 aromatic rings. The molecule has 0 N–H and O–H groups in total. The highest BCUT2D eigenvalue weighted by molar-refractivity contribution is 7.99. The largest absolute Gasteiger partial charge is 0.411 e. The summed E-state index contributed by atoms with van der Waals surface area (Å²) in [6.07, 6.45) is 1.50. The van der Waals surface area contributed by atoms with Gasteiger partial charge in [-0.15, -0.1) is 10.2 Å². The molecule has 0 aliphatic heterocycles. The van der Waals surface area contributed by atoms with Crippen molar-refractivity contribution < 1.29 is 17.8 Å². The van der Waals surface area contributed by atoms with Crippen LogP contribution in [0.5, 0.6) is 0 Å². The van der Waals surface area contributed by atoms with Crippen molar-refractivity contribution in [1.82, 2.24) is 10.2 Å². The Morgan fingerprint density at radius 2 is 1.78 bits per heavy atom. The summed E-state index contributed by atoms with van der Waals surface area (Å²) in [6, 6.07) is 13.9. The van der Waals surface area contributed by atoms with Crippen LogP contribution in [-0.4, -0.2) is 29.3 Å². The summed E-state index contributed by atoms with van der Waals surface area (Å²) in [5.74, 6) is 0.557. The van der Waals surface area contributed by atoms with Crippen LogP contribution in [0.15, 0.2) is 80.6 Å². The van der Waals surface area contributed by atoms with E-state index in [0.29, 0.717) is 11.3 Å². The molecule has 0 aliphatic rings. The highest BCUT2D eigenvalue weighted by atomic mass is 32.2. The number of hydrogen-bond acceptors (Lipinski definition) is 8. The number of aromatic nitrogens is 2. The predicted molar refractivity (Wildman–Crippen MR) is 99.9 cm³/mol. The lowest BCUT2D eigenvalue weighted by Crippen LogP contribution is -1.95. The van der Waals surface area contributed by atoms with Crippen LogP contribution in [0, 0.1) is 10.1 Å². The Bertz CT molecular complexity index is 1060. The summed E-state index contributed by atoms with van der Waals surface area (Å²) in [7, 11) is -3.48. The molecule has 10 heteroatoms. The van der Waals surface area contributed by atoms with E-state index in [1.165, 1.54) is 54.2 Å². The maximum absolute atomic E-state index is 12.1. The lowest BCUT2D eigenvalue weighted by atomic mass is 10.2. The van der Waals surface area contributed by atoms with Crippen molar-refractivity contribution in [3.8, 4) is 11.5 Å². The summed E-state index contributed by atoms with van der Waals surface area (Å²) in [5.41, 5.74) is 0.528. The average molecular weight is 403 g/mol. The molecule has 0 aliphatic carbocycles. The molecule has 0 fully saturated rings. The number of nitro groups is 1. The molecular weight excluding hydrogens is 390 g/mol. The summed E-state index contributed by atoms with van der Waals surface area (Å²) in [6.45, 7) is 0. The van der Waals surface area contributed by atoms with E-state index >= 15 is 0 Å². The van der Waals surface area contributed by atoms with E-state index in [0.717, 1.165) is 5.41 Å². The smallest absolute Gasteiger partial charge is 0.277 e. The van der Waals surface area contributed by atoms with Gasteiger partial charge in [0.2, 0.25) is 5.89 Å². The average Bonchev–Trinajstić information content (AvgIpc) is 3.15. The third-order valence-electron chi connectivity index (χ3n) is 3.38. The first kappa shape index (κ1) is 18.8. The molecule has 0 saturated heterocycles. The van der Waals surface area contributed by atoms with E-state index < -0.39 is 14.8 Å². The maximum atomic E-state index is 12.1. The standard InChI is InChI=1S/C17H13N3O5S2/c21-20(22)14-9-7-13(8-10-14)16-18-19-17(25-16)26-11-4-12-27(23,24)15-5-2-1-3-6-15/h1-10,12H,11H2/b12-4+. The van der Waals surface area contributed by atoms with E-state index in [-0.39, 0.29) is 21.7 Å². The minimum atomic E-state index is -3.48. The lowest BCUT2D eigenvalue weighted by Gasteiger charge is -1.97. The lowest BCUT2D eigenvalue weighted by molar-refractivity contribution is -0.384. The third kappa shape index (κ3) is 4.80. The van der Waals surface area contributed by atoms with Crippen molar-refractivity contribution in [2.45, 2.75) is 10.1 Å². The van der Waals surface area contributed by atoms with Crippen molar-refractivity contribution >= 4 is 27.3 Å². The van der Waals surface area contributed by atoms with Gasteiger partial charge in [0.05, 0.1) is 9.82 Å². The summed E-state index contributed by atoms with van der Waals surface area (Å²) in [4.78, 5) is 10.4. The molecule has 0 saturated carbocycles. The van der Waals surface area contributed by atoms with Crippen LogP contribution in [0.4, 0.5) is 5.69 Å². The first-order valence-corrected chi connectivity index (χ1v) is 10.2. The van der Waals surface area contributed by atoms with E-state index in [2.05, 4.69) is 10.2 Å². The van der Waals surface area contributed by atoms with Gasteiger partial charge in [-0.05, 0) is 24.3 Å². The van der Waals surface area contributed by atoms with E-state index in [1.807, 2.05) is 0 Å². The first-order valence-electron chi connectivity index (χ1n) is 7.63. The SMILES string of the molecule is O=[N+]([O-])c1ccc(-c2nnc(SC/C=C/S(=O)(=O)c3ccccc3)o2)cc1. The second kappa shape index (κ2) is 8.14. The number of non-ortho nitro benzene ring substituents is 1. The Balaban J connectivity index is 1.61. The van der Waals surface area contributed by atoms with Gasteiger partial charge in [0.25, 0.3) is 10.9 Å². The number of benzene rings is 2. The van der Waals surface area contributed by atoms with Gasteiger partial charge in [0, 0.05) is 28.9 Å². The molecule has 0 amide bonds. The van der Waals surface area contributed by atoms with Gasteiger partial charge in [0.15, 0.2) is 9.84 Å². The van der Waals surface area contributed by atoms with Gasteiger partial charge >= 0.3 is 0 Å². The molecule has 2 aromatic carbocycles. The van der Waals surface area contributed by atoms with Crippen molar-refractivity contribution in [3.63, 3.8) is 0 Å². The molecule has 0 bridgehead atoms. The highest BCUT2D eigenvalue weighted by Gasteiger charge is 2.12. The van der Waals surface area contributed by atoms with Gasteiger partial charge in [0.1, 0.15) is 0 Å². The Kier molecular flexibility index (Phi) is 5.67. The van der Waals surface area contributed by atoms with E-state index in [9.17, 15) is 18.5 Å². The molecule has 3 rings (SSSR count). The van der Waals surface area contributed by atoms with Crippen LogP contribution < -0.4 is 0 Å². The maximum Gasteiger partial charge on any atom is 0.277 e. The predicted octanol–water partition coefficient (Wildman–Crippen LogP) is 3.72. The Labute approximate surface area is 159 Å². The van der Waals surface area contributed by atoms with Gasteiger partial charge in [-0.1, -0.05) is 36.0 Å². The molecule has 1 heterocycles. The Morgan fingerprint density at radius 1 is 1.07 bits per heavy atom. The zero-order valence-corrected chi connectivity index (χ0v) is 15.4. The number of nitrogens with zero attached hydrogens (tertiary/aromatic N) is 3. The fraction of sp³-hybridized carbons (Fsp3) is 0.0588. The fourth-order valence-corrected chi connectivity index (χ4v) is 3.82. The molecule has 27 heavy (non-hydrogen) atoms. The molecule has 0 unspecified atom stereocenters. The second-order valence-electron chi connectivity index (χ2n) is 5.22. The quantitative estimate of drug-likeness (QED) is 0.333.